The van der Waals surface area contributed by atoms with Gasteiger partial charge in [-0.05, 0) is 18.9 Å². The van der Waals surface area contributed by atoms with E-state index in [2.05, 4.69) is 5.32 Å². The van der Waals surface area contributed by atoms with Gasteiger partial charge in [0.1, 0.15) is 5.75 Å². The van der Waals surface area contributed by atoms with Crippen LogP contribution >= 0.6 is 0 Å². The number of imide groups is 1. The second kappa shape index (κ2) is 7.55. The second-order valence-corrected chi connectivity index (χ2v) is 6.26. The Labute approximate surface area is 146 Å². The number of likely N-dealkylation sites (tertiary alicyclic amines) is 2. The first-order valence-electron chi connectivity index (χ1n) is 8.62. The lowest BCUT2D eigenvalue weighted by atomic mass is 10.0. The van der Waals surface area contributed by atoms with Gasteiger partial charge in [-0.25, -0.2) is 4.79 Å². The van der Waals surface area contributed by atoms with E-state index >= 15 is 0 Å². The van der Waals surface area contributed by atoms with Crippen LogP contribution in [-0.2, 0) is 9.59 Å². The molecule has 2 heterocycles. The van der Waals surface area contributed by atoms with Gasteiger partial charge in [0, 0.05) is 38.0 Å². The van der Waals surface area contributed by atoms with Crippen molar-refractivity contribution in [1.29, 1.82) is 0 Å². The number of ether oxygens (including phenoxy) is 1. The SMILES string of the molecule is COc1ccccc1C1CCCN1C(=O)NCCN1C(=O)CCC1=O. The van der Waals surface area contributed by atoms with Crippen molar-refractivity contribution in [3.63, 3.8) is 0 Å². The lowest BCUT2D eigenvalue weighted by molar-refractivity contribution is -0.138. The van der Waals surface area contributed by atoms with Crippen molar-refractivity contribution in [2.24, 2.45) is 0 Å². The fourth-order valence-electron chi connectivity index (χ4n) is 3.52. The Morgan fingerprint density at radius 3 is 2.68 bits per heavy atom. The van der Waals surface area contributed by atoms with Crippen LogP contribution in [0.3, 0.4) is 0 Å². The molecule has 1 aromatic rings. The van der Waals surface area contributed by atoms with Crippen LogP contribution in [0.2, 0.25) is 0 Å². The van der Waals surface area contributed by atoms with Crippen LogP contribution in [0, 0.1) is 0 Å². The highest BCUT2D eigenvalue weighted by molar-refractivity contribution is 6.01. The molecule has 1 aromatic carbocycles. The van der Waals surface area contributed by atoms with Gasteiger partial charge in [-0.2, -0.15) is 0 Å². The molecule has 1 unspecified atom stereocenters. The van der Waals surface area contributed by atoms with Gasteiger partial charge in [0.05, 0.1) is 13.2 Å². The molecule has 3 rings (SSSR count). The Kier molecular flexibility index (Phi) is 5.21. The molecule has 0 saturated carbocycles. The first kappa shape index (κ1) is 17.3. The van der Waals surface area contributed by atoms with Crippen molar-refractivity contribution in [3.8, 4) is 5.75 Å². The van der Waals surface area contributed by atoms with Gasteiger partial charge >= 0.3 is 6.03 Å². The summed E-state index contributed by atoms with van der Waals surface area (Å²) in [7, 11) is 1.63. The summed E-state index contributed by atoms with van der Waals surface area (Å²) in [4.78, 5) is 38.8. The molecule has 134 valence electrons. The zero-order chi connectivity index (χ0) is 17.8. The Morgan fingerprint density at radius 2 is 1.96 bits per heavy atom. The number of urea groups is 1. The Morgan fingerprint density at radius 1 is 1.24 bits per heavy atom. The van der Waals surface area contributed by atoms with E-state index in [1.165, 1.54) is 4.90 Å². The smallest absolute Gasteiger partial charge is 0.317 e. The van der Waals surface area contributed by atoms with Crippen LogP contribution in [0.5, 0.6) is 5.75 Å². The molecule has 2 saturated heterocycles. The van der Waals surface area contributed by atoms with Crippen molar-refractivity contribution >= 4 is 17.8 Å². The molecule has 0 aliphatic carbocycles. The summed E-state index contributed by atoms with van der Waals surface area (Å²) in [5, 5.41) is 2.83. The van der Waals surface area contributed by atoms with Crippen LogP contribution in [0.1, 0.15) is 37.3 Å². The largest absolute Gasteiger partial charge is 0.496 e. The molecular formula is C18H23N3O4. The monoisotopic (exact) mass is 345 g/mol. The number of hydrogen-bond acceptors (Lipinski definition) is 4. The van der Waals surface area contributed by atoms with Crippen molar-refractivity contribution in [3.05, 3.63) is 29.8 Å². The molecule has 0 radical (unpaired) electrons. The van der Waals surface area contributed by atoms with Gasteiger partial charge in [-0.15, -0.1) is 0 Å². The normalized spacial score (nSPS) is 20.3. The number of rotatable bonds is 5. The van der Waals surface area contributed by atoms with Crippen molar-refractivity contribution in [1.82, 2.24) is 15.1 Å². The molecule has 4 amide bonds. The van der Waals surface area contributed by atoms with Crippen molar-refractivity contribution in [2.75, 3.05) is 26.7 Å². The zero-order valence-corrected chi connectivity index (χ0v) is 14.4. The van der Waals surface area contributed by atoms with Crippen LogP contribution < -0.4 is 10.1 Å². The van der Waals surface area contributed by atoms with Crippen LogP contribution in [0.25, 0.3) is 0 Å². The van der Waals surface area contributed by atoms with E-state index in [0.29, 0.717) is 6.54 Å². The molecular weight excluding hydrogens is 322 g/mol. The summed E-state index contributed by atoms with van der Waals surface area (Å²) in [6.45, 7) is 1.18. The minimum Gasteiger partial charge on any atom is -0.496 e. The molecule has 1 N–H and O–H groups in total. The molecule has 2 aliphatic rings. The standard InChI is InChI=1S/C18H23N3O4/c1-25-15-7-3-2-5-13(15)14-6-4-11-20(14)18(24)19-10-12-21-16(22)8-9-17(21)23/h2-3,5,7,14H,4,6,8-12H2,1H3,(H,19,24). The third-order valence-electron chi connectivity index (χ3n) is 4.78. The number of nitrogens with zero attached hydrogens (tertiary/aromatic N) is 2. The minimum atomic E-state index is -0.174. The molecule has 0 aromatic heterocycles. The van der Waals surface area contributed by atoms with E-state index in [9.17, 15) is 14.4 Å². The van der Waals surface area contributed by atoms with Crippen molar-refractivity contribution in [2.45, 2.75) is 31.7 Å². The number of hydrogen-bond donors (Lipinski definition) is 1. The third-order valence-corrected chi connectivity index (χ3v) is 4.78. The van der Waals surface area contributed by atoms with E-state index in [1.807, 2.05) is 24.3 Å². The third kappa shape index (κ3) is 3.60. The number of benzene rings is 1. The molecule has 0 bridgehead atoms. The number of amides is 4. The minimum absolute atomic E-state index is 0.0220. The van der Waals surface area contributed by atoms with E-state index in [1.54, 1.807) is 12.0 Å². The highest BCUT2D eigenvalue weighted by Crippen LogP contribution is 2.36. The molecule has 1 atom stereocenters. The molecule has 2 aliphatic heterocycles. The second-order valence-electron chi connectivity index (χ2n) is 6.26. The summed E-state index contributed by atoms with van der Waals surface area (Å²) >= 11 is 0. The maximum absolute atomic E-state index is 12.6. The molecule has 25 heavy (non-hydrogen) atoms. The Balaban J connectivity index is 1.59. The van der Waals surface area contributed by atoms with Gasteiger partial charge in [0.25, 0.3) is 0 Å². The summed E-state index contributed by atoms with van der Waals surface area (Å²) < 4.78 is 5.42. The summed E-state index contributed by atoms with van der Waals surface area (Å²) in [5.74, 6) is 0.458. The summed E-state index contributed by atoms with van der Waals surface area (Å²) in [6, 6.07) is 7.53. The molecule has 2 fully saturated rings. The van der Waals surface area contributed by atoms with Crippen LogP contribution in [-0.4, -0.2) is 54.4 Å². The first-order valence-corrected chi connectivity index (χ1v) is 8.62. The summed E-state index contributed by atoms with van der Waals surface area (Å²) in [5.41, 5.74) is 1.00. The predicted octanol–water partition coefficient (Wildman–Crippen LogP) is 1.69. The van der Waals surface area contributed by atoms with Gasteiger partial charge < -0.3 is 15.0 Å². The van der Waals surface area contributed by atoms with Crippen LogP contribution in [0.4, 0.5) is 4.79 Å². The predicted molar refractivity (Wildman–Crippen MR) is 91.0 cm³/mol. The highest BCUT2D eigenvalue weighted by Gasteiger charge is 2.32. The maximum Gasteiger partial charge on any atom is 0.317 e. The topological polar surface area (TPSA) is 79.0 Å². The average Bonchev–Trinajstić information content (AvgIpc) is 3.23. The van der Waals surface area contributed by atoms with Gasteiger partial charge in [-0.1, -0.05) is 18.2 Å². The average molecular weight is 345 g/mol. The van der Waals surface area contributed by atoms with E-state index < -0.39 is 0 Å². The molecule has 0 spiro atoms. The number of carbonyl (C=O) groups excluding carboxylic acids is 3. The lowest BCUT2D eigenvalue weighted by Crippen LogP contribution is -2.43. The van der Waals surface area contributed by atoms with E-state index in [0.717, 1.165) is 24.2 Å². The fraction of sp³-hybridized carbons (Fsp3) is 0.500. The number of methoxy groups -OCH3 is 1. The fourth-order valence-corrected chi connectivity index (χ4v) is 3.52. The first-order chi connectivity index (χ1) is 12.1. The number of nitrogens with one attached hydrogen (secondary N) is 1. The van der Waals surface area contributed by atoms with E-state index in [4.69, 9.17) is 4.74 Å². The Hall–Kier alpha value is -2.57. The van der Waals surface area contributed by atoms with Crippen molar-refractivity contribution < 1.29 is 19.1 Å². The van der Waals surface area contributed by atoms with Gasteiger partial charge in [-0.3, -0.25) is 14.5 Å². The summed E-state index contributed by atoms with van der Waals surface area (Å²) in [6.07, 6.45) is 2.36. The Bertz CT molecular complexity index is 660. The molecule has 7 heteroatoms. The van der Waals surface area contributed by atoms with E-state index in [-0.39, 0.29) is 49.8 Å². The quantitative estimate of drug-likeness (QED) is 0.824. The number of para-hydroxylation sites is 1. The highest BCUT2D eigenvalue weighted by atomic mass is 16.5. The molecule has 7 nitrogen and oxygen atoms in total. The maximum atomic E-state index is 12.6. The van der Waals surface area contributed by atoms with Gasteiger partial charge in [0.2, 0.25) is 11.8 Å². The zero-order valence-electron chi connectivity index (χ0n) is 14.4. The lowest BCUT2D eigenvalue weighted by Gasteiger charge is -2.27. The van der Waals surface area contributed by atoms with Crippen LogP contribution in [0.15, 0.2) is 24.3 Å². The number of carbonyl (C=O) groups is 3. The van der Waals surface area contributed by atoms with Gasteiger partial charge in [0.15, 0.2) is 0 Å².